The second-order valence-corrected chi connectivity index (χ2v) is 16.8. The van der Waals surface area contributed by atoms with E-state index in [4.69, 9.17) is 4.42 Å². The number of anilines is 3. The van der Waals surface area contributed by atoms with Crippen LogP contribution < -0.4 is 4.90 Å². The van der Waals surface area contributed by atoms with Gasteiger partial charge in [0.2, 0.25) is 0 Å². The van der Waals surface area contributed by atoms with Crippen LogP contribution in [0.4, 0.5) is 17.1 Å². The topological polar surface area (TPSA) is 16.4 Å². The number of nitrogens with zero attached hydrogens (tertiary/aromatic N) is 1. The molecule has 0 saturated carbocycles. The first kappa shape index (κ1) is 35.5. The van der Waals surface area contributed by atoms with Crippen LogP contribution in [-0.4, -0.2) is 0 Å². The number of hydrogen-bond acceptors (Lipinski definition) is 2. The van der Waals surface area contributed by atoms with Crippen LogP contribution in [0.15, 0.2) is 241 Å². The van der Waals surface area contributed by atoms with Gasteiger partial charge in [0.05, 0.1) is 5.41 Å². The Balaban J connectivity index is 0.994. The molecule has 0 amide bonds. The lowest BCUT2D eigenvalue weighted by Gasteiger charge is -2.34. The molecule has 0 aliphatic heterocycles. The summed E-state index contributed by atoms with van der Waals surface area (Å²) in [6.07, 6.45) is 0. The number of para-hydroxylation sites is 1. The van der Waals surface area contributed by atoms with Gasteiger partial charge in [-0.25, -0.2) is 0 Å². The fourth-order valence-corrected chi connectivity index (χ4v) is 10.8. The predicted molar refractivity (Wildman–Crippen MR) is 264 cm³/mol. The lowest BCUT2D eigenvalue weighted by Crippen LogP contribution is -2.28. The smallest absolute Gasteiger partial charge is 0.135 e. The Morgan fingerprint density at radius 1 is 0.286 bits per heavy atom. The summed E-state index contributed by atoms with van der Waals surface area (Å²) >= 11 is 0. The van der Waals surface area contributed by atoms with E-state index in [1.54, 1.807) is 0 Å². The highest BCUT2D eigenvalue weighted by atomic mass is 16.3. The molecule has 0 radical (unpaired) electrons. The molecule has 0 spiro atoms. The summed E-state index contributed by atoms with van der Waals surface area (Å²) in [5.41, 5.74) is 14.6. The van der Waals surface area contributed by atoms with Gasteiger partial charge in [-0.05, 0) is 131 Å². The van der Waals surface area contributed by atoms with Crippen molar-refractivity contribution in [3.8, 4) is 22.3 Å². The van der Waals surface area contributed by atoms with Crippen LogP contribution in [0.25, 0.3) is 76.5 Å². The molecule has 294 valence electrons. The maximum absolute atomic E-state index is 6.17. The van der Waals surface area contributed by atoms with E-state index in [1.165, 1.54) is 65.7 Å². The van der Waals surface area contributed by atoms with Crippen LogP contribution in [0.2, 0.25) is 0 Å². The Labute approximate surface area is 365 Å². The van der Waals surface area contributed by atoms with Crippen molar-refractivity contribution >= 4 is 71.3 Å². The first-order chi connectivity index (χ1) is 31.2. The normalized spacial score (nSPS) is 12.9. The van der Waals surface area contributed by atoms with Gasteiger partial charge in [0.25, 0.3) is 0 Å². The van der Waals surface area contributed by atoms with Crippen molar-refractivity contribution in [2.75, 3.05) is 4.90 Å². The van der Waals surface area contributed by atoms with E-state index in [0.717, 1.165) is 50.1 Å². The standard InChI is InChI=1S/C61H39NO/c1-2-14-42(15-3-1)61(57-23-11-8-20-52(57)53-21-9-12-24-58(53)61)43-29-33-45(34-30-43)62(46-35-36-51-49-18-5-4-16-47(49)48-17-6-7-19-50(48)55(51)39-46)44-31-26-40(27-32-44)41-28-37-60-56(38-41)54-22-10-13-25-59(54)63-60/h1-39H. The number of rotatable bonds is 6. The van der Waals surface area contributed by atoms with Gasteiger partial charge in [0, 0.05) is 27.8 Å². The monoisotopic (exact) mass is 801 g/mol. The summed E-state index contributed by atoms with van der Waals surface area (Å²) in [6, 6.07) is 86.7. The summed E-state index contributed by atoms with van der Waals surface area (Å²) in [7, 11) is 0. The zero-order valence-electron chi connectivity index (χ0n) is 34.4. The summed E-state index contributed by atoms with van der Waals surface area (Å²) in [5.74, 6) is 0. The van der Waals surface area contributed by atoms with Crippen LogP contribution in [0.1, 0.15) is 22.3 Å². The van der Waals surface area contributed by atoms with Gasteiger partial charge in [-0.1, -0.05) is 182 Å². The molecule has 0 bridgehead atoms. The average Bonchev–Trinajstić information content (AvgIpc) is 3.88. The summed E-state index contributed by atoms with van der Waals surface area (Å²) in [6.45, 7) is 0. The number of fused-ring (bicyclic) bond motifs is 12. The van der Waals surface area contributed by atoms with Gasteiger partial charge in [0.15, 0.2) is 0 Å². The van der Waals surface area contributed by atoms with E-state index in [-0.39, 0.29) is 0 Å². The van der Waals surface area contributed by atoms with Gasteiger partial charge in [-0.3, -0.25) is 0 Å². The van der Waals surface area contributed by atoms with E-state index in [2.05, 4.69) is 229 Å². The molecule has 1 aliphatic rings. The van der Waals surface area contributed by atoms with Crippen molar-refractivity contribution in [2.45, 2.75) is 5.41 Å². The van der Waals surface area contributed by atoms with Crippen LogP contribution in [0, 0.1) is 0 Å². The molecule has 13 rings (SSSR count). The van der Waals surface area contributed by atoms with Crippen molar-refractivity contribution in [1.29, 1.82) is 0 Å². The Hall–Kier alpha value is -8.20. The van der Waals surface area contributed by atoms with Gasteiger partial charge in [-0.15, -0.1) is 0 Å². The molecular formula is C61H39NO. The van der Waals surface area contributed by atoms with Gasteiger partial charge < -0.3 is 9.32 Å². The maximum atomic E-state index is 6.17. The number of benzene rings is 11. The van der Waals surface area contributed by atoms with Crippen molar-refractivity contribution in [3.05, 3.63) is 259 Å². The van der Waals surface area contributed by atoms with E-state index in [0.29, 0.717) is 0 Å². The van der Waals surface area contributed by atoms with Crippen LogP contribution in [0.5, 0.6) is 0 Å². The second kappa shape index (κ2) is 13.9. The van der Waals surface area contributed by atoms with Crippen LogP contribution in [-0.2, 0) is 5.41 Å². The summed E-state index contributed by atoms with van der Waals surface area (Å²) < 4.78 is 6.17. The molecule has 0 unspecified atom stereocenters. The lowest BCUT2D eigenvalue weighted by atomic mass is 9.68. The molecule has 63 heavy (non-hydrogen) atoms. The fraction of sp³-hybridized carbons (Fsp3) is 0.0164. The molecule has 0 fully saturated rings. The first-order valence-electron chi connectivity index (χ1n) is 21.7. The minimum absolute atomic E-state index is 0.468. The molecule has 0 saturated heterocycles. The molecule has 0 N–H and O–H groups in total. The average molecular weight is 802 g/mol. The summed E-state index contributed by atoms with van der Waals surface area (Å²) in [5, 5.41) is 9.82. The van der Waals surface area contributed by atoms with Crippen molar-refractivity contribution in [2.24, 2.45) is 0 Å². The van der Waals surface area contributed by atoms with Crippen molar-refractivity contribution < 1.29 is 4.42 Å². The third-order valence-electron chi connectivity index (χ3n) is 13.5. The highest BCUT2D eigenvalue weighted by Crippen LogP contribution is 2.56. The SMILES string of the molecule is c1ccc(C2(c3ccc(N(c4ccc(-c5ccc6oc7ccccc7c6c5)cc4)c4ccc5c6ccccc6c6ccccc6c5c4)cc3)c3ccccc3-c3ccccc32)cc1. The fourth-order valence-electron chi connectivity index (χ4n) is 10.8. The zero-order chi connectivity index (χ0) is 41.5. The zero-order valence-corrected chi connectivity index (χ0v) is 34.4. The minimum atomic E-state index is -0.468. The Morgan fingerprint density at radius 2 is 0.746 bits per heavy atom. The third-order valence-corrected chi connectivity index (χ3v) is 13.5. The molecule has 2 heteroatoms. The lowest BCUT2D eigenvalue weighted by molar-refractivity contribution is 0.669. The van der Waals surface area contributed by atoms with Gasteiger partial charge in [-0.2, -0.15) is 0 Å². The largest absolute Gasteiger partial charge is 0.456 e. The quantitative estimate of drug-likeness (QED) is 0.156. The minimum Gasteiger partial charge on any atom is -0.456 e. The van der Waals surface area contributed by atoms with E-state index >= 15 is 0 Å². The Kier molecular flexibility index (Phi) is 7.85. The van der Waals surface area contributed by atoms with E-state index < -0.39 is 5.41 Å². The van der Waals surface area contributed by atoms with E-state index in [9.17, 15) is 0 Å². The molecule has 2 nitrogen and oxygen atoms in total. The molecular weight excluding hydrogens is 763 g/mol. The van der Waals surface area contributed by atoms with Crippen molar-refractivity contribution in [1.82, 2.24) is 0 Å². The van der Waals surface area contributed by atoms with Crippen LogP contribution in [0.3, 0.4) is 0 Å². The summed E-state index contributed by atoms with van der Waals surface area (Å²) in [4.78, 5) is 2.41. The van der Waals surface area contributed by atoms with Crippen LogP contribution >= 0.6 is 0 Å². The number of furan rings is 1. The highest BCUT2D eigenvalue weighted by molar-refractivity contribution is 6.25. The second-order valence-electron chi connectivity index (χ2n) is 16.8. The Bertz CT molecular complexity index is 3650. The predicted octanol–water partition coefficient (Wildman–Crippen LogP) is 16.5. The third kappa shape index (κ3) is 5.32. The van der Waals surface area contributed by atoms with E-state index in [1.807, 2.05) is 12.1 Å². The highest BCUT2D eigenvalue weighted by Gasteiger charge is 2.45. The Morgan fingerprint density at radius 3 is 1.40 bits per heavy atom. The molecule has 11 aromatic carbocycles. The van der Waals surface area contributed by atoms with Gasteiger partial charge in [0.1, 0.15) is 11.2 Å². The molecule has 12 aromatic rings. The molecule has 1 aliphatic carbocycles. The molecule has 1 aromatic heterocycles. The van der Waals surface area contributed by atoms with Crippen molar-refractivity contribution in [3.63, 3.8) is 0 Å². The molecule has 0 atom stereocenters. The maximum Gasteiger partial charge on any atom is 0.135 e. The van der Waals surface area contributed by atoms with Gasteiger partial charge >= 0.3 is 0 Å². The number of hydrogen-bond donors (Lipinski definition) is 0. The molecule has 1 heterocycles. The first-order valence-corrected chi connectivity index (χ1v) is 21.7.